The molecular formula is C38H48Br2N2O5Si. The predicted molar refractivity (Wildman–Crippen MR) is 203 cm³/mol. The van der Waals surface area contributed by atoms with Crippen molar-refractivity contribution in [1.82, 2.24) is 10.2 Å². The van der Waals surface area contributed by atoms with Gasteiger partial charge in [0.1, 0.15) is 5.60 Å². The van der Waals surface area contributed by atoms with Crippen LogP contribution < -0.4 is 15.7 Å². The quantitative estimate of drug-likeness (QED) is 0.165. The van der Waals surface area contributed by atoms with Crippen LogP contribution in [0.4, 0.5) is 9.59 Å². The monoisotopic (exact) mass is 798 g/mol. The summed E-state index contributed by atoms with van der Waals surface area (Å²) >= 11 is 7.44. The van der Waals surface area contributed by atoms with Crippen molar-refractivity contribution in [3.63, 3.8) is 0 Å². The van der Waals surface area contributed by atoms with E-state index in [0.29, 0.717) is 26.1 Å². The molecule has 0 fully saturated rings. The predicted octanol–water partition coefficient (Wildman–Crippen LogP) is 8.41. The zero-order valence-electron chi connectivity index (χ0n) is 29.0. The molecule has 0 saturated heterocycles. The molecule has 0 bridgehead atoms. The van der Waals surface area contributed by atoms with Crippen LogP contribution in [0.2, 0.25) is 5.04 Å². The first-order valence-corrected chi connectivity index (χ1v) is 19.8. The van der Waals surface area contributed by atoms with Gasteiger partial charge in [-0.1, -0.05) is 132 Å². The van der Waals surface area contributed by atoms with E-state index in [1.54, 1.807) is 4.90 Å². The van der Waals surface area contributed by atoms with Crippen LogP contribution >= 0.6 is 31.9 Å². The molecule has 48 heavy (non-hydrogen) atoms. The molecule has 1 N–H and O–H groups in total. The minimum Gasteiger partial charge on any atom is -0.453 e. The number of hydrogen-bond donors (Lipinski definition) is 1. The lowest BCUT2D eigenvalue weighted by molar-refractivity contribution is 0.0519. The molecule has 3 aromatic carbocycles. The first-order valence-electron chi connectivity index (χ1n) is 16.3. The summed E-state index contributed by atoms with van der Waals surface area (Å²) in [5.41, 5.74) is 0.385. The van der Waals surface area contributed by atoms with Gasteiger partial charge in [0.05, 0.1) is 13.2 Å². The molecule has 7 nitrogen and oxygen atoms in total. The number of carbonyl (C=O) groups excluding carboxylic acids is 2. The number of methoxy groups -OCH3 is 1. The van der Waals surface area contributed by atoms with Crippen molar-refractivity contribution in [2.45, 2.75) is 70.6 Å². The Labute approximate surface area is 303 Å². The zero-order valence-corrected chi connectivity index (χ0v) is 33.1. The van der Waals surface area contributed by atoms with Gasteiger partial charge in [0, 0.05) is 40.5 Å². The molecule has 258 valence electrons. The van der Waals surface area contributed by atoms with Gasteiger partial charge in [-0.3, -0.25) is 0 Å². The number of nitrogens with one attached hydrogen (secondary N) is 1. The van der Waals surface area contributed by atoms with Crippen LogP contribution in [0.5, 0.6) is 0 Å². The molecule has 3 aromatic rings. The Morgan fingerprint density at radius 2 is 1.44 bits per heavy atom. The number of alkyl carbamates (subject to hydrolysis) is 1. The number of benzene rings is 3. The number of nitrogens with zero attached hydrogens (tertiary/aromatic N) is 1. The summed E-state index contributed by atoms with van der Waals surface area (Å²) in [6.45, 7) is 13.5. The Morgan fingerprint density at radius 3 is 1.94 bits per heavy atom. The number of amides is 2. The standard InChI is InChI=1S/C38H48Br2N2O5Si/c1-37(2,3)47-35(43)41-24-28(34-32(39)19-14-20-33(34)40)23-29-22-21-27(25-42(29)36(44)45-7)26-46-48(38(4,5)6,30-15-10-8-11-16-30)31-17-12-9-13-18-31/h8-22,27-29H,23-26H2,1-7H3,(H,41,43)/t27-,28?,29+/m1/s1. The van der Waals surface area contributed by atoms with E-state index in [0.717, 1.165) is 14.5 Å². The first-order chi connectivity index (χ1) is 22.7. The van der Waals surface area contributed by atoms with Gasteiger partial charge >= 0.3 is 12.2 Å². The SMILES string of the molecule is COC(=O)N1C[C@H](CO[Si](c2ccccc2)(c2ccccc2)C(C)(C)C)C=C[C@H]1CC(CNC(=O)OC(C)(C)C)c1c(Br)cccc1Br. The van der Waals surface area contributed by atoms with Crippen LogP contribution in [0, 0.1) is 5.92 Å². The first kappa shape index (κ1) is 37.9. The maximum absolute atomic E-state index is 13.3. The Bertz CT molecular complexity index is 1500. The summed E-state index contributed by atoms with van der Waals surface area (Å²) in [5.74, 6) is -0.204. The Morgan fingerprint density at radius 1 is 0.875 bits per heavy atom. The second kappa shape index (κ2) is 16.2. The van der Waals surface area contributed by atoms with Gasteiger partial charge in [0.15, 0.2) is 0 Å². The average molecular weight is 801 g/mol. The summed E-state index contributed by atoms with van der Waals surface area (Å²) in [4.78, 5) is 27.8. The summed E-state index contributed by atoms with van der Waals surface area (Å²) in [7, 11) is -1.35. The molecule has 0 radical (unpaired) electrons. The van der Waals surface area contributed by atoms with Gasteiger partial charge in [-0.25, -0.2) is 9.59 Å². The van der Waals surface area contributed by atoms with Gasteiger partial charge in [-0.15, -0.1) is 0 Å². The normalized spacial score (nSPS) is 17.5. The highest BCUT2D eigenvalue weighted by atomic mass is 79.9. The van der Waals surface area contributed by atoms with Crippen LogP contribution in [-0.4, -0.2) is 63.9 Å². The second-order valence-corrected chi connectivity index (χ2v) is 20.3. The fourth-order valence-corrected chi connectivity index (χ4v) is 12.8. The van der Waals surface area contributed by atoms with Crippen molar-refractivity contribution < 1.29 is 23.5 Å². The van der Waals surface area contributed by atoms with E-state index in [1.165, 1.54) is 17.5 Å². The lowest BCUT2D eigenvalue weighted by atomic mass is 9.89. The molecular weight excluding hydrogens is 752 g/mol. The summed E-state index contributed by atoms with van der Waals surface area (Å²) in [6, 6.07) is 26.8. The van der Waals surface area contributed by atoms with Gasteiger partial charge in [-0.05, 0) is 60.3 Å². The van der Waals surface area contributed by atoms with Gasteiger partial charge in [0.2, 0.25) is 0 Å². The summed E-state index contributed by atoms with van der Waals surface area (Å²) < 4.78 is 19.9. The number of ether oxygens (including phenoxy) is 2. The lowest BCUT2D eigenvalue weighted by Crippen LogP contribution is -2.67. The van der Waals surface area contributed by atoms with Crippen molar-refractivity contribution in [3.8, 4) is 0 Å². The van der Waals surface area contributed by atoms with E-state index in [4.69, 9.17) is 13.9 Å². The van der Waals surface area contributed by atoms with E-state index >= 15 is 0 Å². The molecule has 1 aliphatic heterocycles. The maximum atomic E-state index is 13.3. The van der Waals surface area contributed by atoms with Crippen LogP contribution in [0.3, 0.4) is 0 Å². The number of halogens is 2. The number of hydrogen-bond acceptors (Lipinski definition) is 5. The summed E-state index contributed by atoms with van der Waals surface area (Å²) in [5, 5.41) is 5.22. The fraction of sp³-hybridized carbons (Fsp3) is 0.421. The van der Waals surface area contributed by atoms with Gasteiger partial charge in [-0.2, -0.15) is 0 Å². The van der Waals surface area contributed by atoms with Crippen molar-refractivity contribution in [1.29, 1.82) is 0 Å². The van der Waals surface area contributed by atoms with Crippen molar-refractivity contribution >= 4 is 62.7 Å². The van der Waals surface area contributed by atoms with Gasteiger partial charge < -0.3 is 24.1 Å². The highest BCUT2D eigenvalue weighted by Gasteiger charge is 2.50. The van der Waals surface area contributed by atoms with Gasteiger partial charge in [0.25, 0.3) is 8.32 Å². The third kappa shape index (κ3) is 9.19. The molecule has 3 atom stereocenters. The molecule has 0 saturated carbocycles. The molecule has 1 aliphatic rings. The molecule has 10 heteroatoms. The molecule has 2 amide bonds. The smallest absolute Gasteiger partial charge is 0.409 e. The van der Waals surface area contributed by atoms with Crippen LogP contribution in [-0.2, 0) is 13.9 Å². The fourth-order valence-electron chi connectivity index (χ4n) is 6.49. The Balaban J connectivity index is 1.63. The third-order valence-corrected chi connectivity index (χ3v) is 15.0. The zero-order chi connectivity index (χ0) is 35.1. The lowest BCUT2D eigenvalue weighted by Gasteiger charge is -2.44. The van der Waals surface area contributed by atoms with Crippen LogP contribution in [0.15, 0.2) is 100.0 Å². The molecule has 0 spiro atoms. The number of carbonyl (C=O) groups is 2. The molecule has 1 heterocycles. The van der Waals surface area contributed by atoms with Crippen molar-refractivity contribution in [2.75, 3.05) is 26.8 Å². The minimum absolute atomic E-state index is 0.0458. The minimum atomic E-state index is -2.76. The van der Waals surface area contributed by atoms with Crippen molar-refractivity contribution in [3.05, 3.63) is 106 Å². The maximum Gasteiger partial charge on any atom is 0.409 e. The van der Waals surface area contributed by atoms with E-state index in [2.05, 4.69) is 119 Å². The highest BCUT2D eigenvalue weighted by Crippen LogP contribution is 2.39. The van der Waals surface area contributed by atoms with Crippen LogP contribution in [0.25, 0.3) is 0 Å². The number of rotatable bonds is 10. The van der Waals surface area contributed by atoms with Crippen molar-refractivity contribution in [2.24, 2.45) is 5.92 Å². The van der Waals surface area contributed by atoms with Crippen LogP contribution in [0.1, 0.15) is 59.4 Å². The largest absolute Gasteiger partial charge is 0.453 e. The average Bonchev–Trinajstić information content (AvgIpc) is 3.03. The third-order valence-electron chi connectivity index (χ3n) is 8.60. The molecule has 0 aromatic heterocycles. The van der Waals surface area contributed by atoms with E-state index in [9.17, 15) is 9.59 Å². The molecule has 4 rings (SSSR count). The molecule has 1 unspecified atom stereocenters. The second-order valence-electron chi connectivity index (χ2n) is 14.3. The topological polar surface area (TPSA) is 77.1 Å². The van der Waals surface area contributed by atoms with E-state index < -0.39 is 26.1 Å². The van der Waals surface area contributed by atoms with E-state index in [-0.39, 0.29) is 22.9 Å². The summed E-state index contributed by atoms with van der Waals surface area (Å²) in [6.07, 6.45) is 3.93. The highest BCUT2D eigenvalue weighted by molar-refractivity contribution is 9.11. The Hall–Kier alpha value is -2.92. The molecule has 0 aliphatic carbocycles. The Kier molecular flexibility index (Phi) is 12.8. The van der Waals surface area contributed by atoms with E-state index in [1.807, 2.05) is 51.1 Å².